The van der Waals surface area contributed by atoms with Gasteiger partial charge in [-0.25, -0.2) is 0 Å². The van der Waals surface area contributed by atoms with Gasteiger partial charge in [-0.2, -0.15) is 4.98 Å². The topological polar surface area (TPSA) is 93.6 Å². The number of methoxy groups -OCH3 is 1. The van der Waals surface area contributed by atoms with Gasteiger partial charge >= 0.3 is 0 Å². The van der Waals surface area contributed by atoms with E-state index in [0.29, 0.717) is 46.3 Å². The standard InChI is InChI=1S/C19H24N4O4/c1-11-16(13-9-12(25-6)7-8-14(13)26-11)17(24)21-19(2,3)18-20-15(27-22-18)10-23(4)5/h7-9H,10H2,1-6H3,(H,21,24). The highest BCUT2D eigenvalue weighted by atomic mass is 16.5. The highest BCUT2D eigenvalue weighted by Crippen LogP contribution is 2.30. The van der Waals surface area contributed by atoms with E-state index in [1.54, 1.807) is 32.2 Å². The van der Waals surface area contributed by atoms with Crippen molar-refractivity contribution in [1.82, 2.24) is 20.4 Å². The molecule has 0 fully saturated rings. The number of hydrogen-bond acceptors (Lipinski definition) is 7. The number of benzene rings is 1. The zero-order chi connectivity index (χ0) is 19.8. The normalized spacial score (nSPS) is 12.0. The van der Waals surface area contributed by atoms with Crippen LogP contribution in [0.25, 0.3) is 11.0 Å². The van der Waals surface area contributed by atoms with Gasteiger partial charge in [-0.15, -0.1) is 0 Å². The van der Waals surface area contributed by atoms with E-state index < -0.39 is 5.54 Å². The van der Waals surface area contributed by atoms with Crippen molar-refractivity contribution in [3.8, 4) is 5.75 Å². The van der Waals surface area contributed by atoms with Gasteiger partial charge in [0.05, 0.1) is 24.8 Å². The molecule has 3 aromatic rings. The van der Waals surface area contributed by atoms with Gasteiger partial charge in [-0.3, -0.25) is 4.79 Å². The minimum atomic E-state index is -0.819. The lowest BCUT2D eigenvalue weighted by Gasteiger charge is -2.22. The third-order valence-corrected chi connectivity index (χ3v) is 4.20. The molecule has 1 aromatic carbocycles. The second-order valence-corrected chi connectivity index (χ2v) is 7.22. The molecule has 2 heterocycles. The van der Waals surface area contributed by atoms with Gasteiger partial charge in [0.15, 0.2) is 5.82 Å². The van der Waals surface area contributed by atoms with Crippen molar-refractivity contribution in [3.05, 3.63) is 41.2 Å². The number of nitrogens with one attached hydrogen (secondary N) is 1. The van der Waals surface area contributed by atoms with Crippen LogP contribution in [0.1, 0.15) is 41.7 Å². The third-order valence-electron chi connectivity index (χ3n) is 4.20. The number of aromatic nitrogens is 2. The van der Waals surface area contributed by atoms with Crippen molar-refractivity contribution in [2.45, 2.75) is 32.9 Å². The molecule has 0 spiro atoms. The molecule has 0 saturated heterocycles. The summed E-state index contributed by atoms with van der Waals surface area (Å²) in [6, 6.07) is 5.37. The van der Waals surface area contributed by atoms with E-state index in [9.17, 15) is 4.79 Å². The van der Waals surface area contributed by atoms with Crippen molar-refractivity contribution in [2.75, 3.05) is 21.2 Å². The molecule has 0 aliphatic carbocycles. The number of fused-ring (bicyclic) bond motifs is 1. The largest absolute Gasteiger partial charge is 0.497 e. The predicted molar refractivity (Wildman–Crippen MR) is 99.7 cm³/mol. The van der Waals surface area contributed by atoms with Crippen molar-refractivity contribution in [2.24, 2.45) is 0 Å². The number of carbonyl (C=O) groups excluding carboxylic acids is 1. The maximum Gasteiger partial charge on any atom is 0.256 e. The smallest absolute Gasteiger partial charge is 0.256 e. The summed E-state index contributed by atoms with van der Waals surface area (Å²) in [5.41, 5.74) is 0.276. The Morgan fingerprint density at radius 1 is 1.33 bits per heavy atom. The molecule has 144 valence electrons. The van der Waals surface area contributed by atoms with Gasteiger partial charge in [0.2, 0.25) is 5.89 Å². The lowest BCUT2D eigenvalue weighted by atomic mass is 10.0. The molecule has 0 aliphatic rings. The van der Waals surface area contributed by atoms with Crippen LogP contribution in [0.5, 0.6) is 5.75 Å². The number of nitrogens with zero attached hydrogens (tertiary/aromatic N) is 3. The van der Waals surface area contributed by atoms with Crippen LogP contribution < -0.4 is 10.1 Å². The Hall–Kier alpha value is -2.87. The Morgan fingerprint density at radius 3 is 2.74 bits per heavy atom. The van der Waals surface area contributed by atoms with Crippen LogP contribution in [0.4, 0.5) is 0 Å². The minimum Gasteiger partial charge on any atom is -0.497 e. The monoisotopic (exact) mass is 372 g/mol. The Balaban J connectivity index is 1.89. The van der Waals surface area contributed by atoms with Crippen LogP contribution >= 0.6 is 0 Å². The summed E-state index contributed by atoms with van der Waals surface area (Å²) in [7, 11) is 5.41. The highest BCUT2D eigenvalue weighted by Gasteiger charge is 2.31. The van der Waals surface area contributed by atoms with Crippen LogP contribution in [0, 0.1) is 6.92 Å². The van der Waals surface area contributed by atoms with E-state index in [0.717, 1.165) is 0 Å². The first-order chi connectivity index (χ1) is 12.7. The maximum absolute atomic E-state index is 13.0. The molecular weight excluding hydrogens is 348 g/mol. The molecule has 1 amide bonds. The summed E-state index contributed by atoms with van der Waals surface area (Å²) in [6.07, 6.45) is 0. The summed E-state index contributed by atoms with van der Waals surface area (Å²) < 4.78 is 16.2. The molecule has 0 aliphatic heterocycles. The molecular formula is C19H24N4O4. The first-order valence-electron chi connectivity index (χ1n) is 8.58. The van der Waals surface area contributed by atoms with E-state index in [1.807, 2.05) is 32.8 Å². The number of amides is 1. The molecule has 1 N–H and O–H groups in total. The third kappa shape index (κ3) is 3.80. The zero-order valence-electron chi connectivity index (χ0n) is 16.4. The summed E-state index contributed by atoms with van der Waals surface area (Å²) >= 11 is 0. The van der Waals surface area contributed by atoms with E-state index >= 15 is 0 Å². The number of hydrogen-bond donors (Lipinski definition) is 1. The van der Waals surface area contributed by atoms with E-state index in [1.165, 1.54) is 0 Å². The average molecular weight is 372 g/mol. The Kier molecular flexibility index (Phi) is 4.93. The minimum absolute atomic E-state index is 0.275. The van der Waals surface area contributed by atoms with Gasteiger partial charge < -0.3 is 23.9 Å². The number of furan rings is 1. The lowest BCUT2D eigenvalue weighted by molar-refractivity contribution is 0.0907. The Morgan fingerprint density at radius 2 is 2.07 bits per heavy atom. The molecule has 0 radical (unpaired) electrons. The molecule has 0 unspecified atom stereocenters. The number of aryl methyl sites for hydroxylation is 1. The van der Waals surface area contributed by atoms with Crippen molar-refractivity contribution < 1.29 is 18.5 Å². The van der Waals surface area contributed by atoms with Crippen LogP contribution in [0.15, 0.2) is 27.1 Å². The molecule has 8 nitrogen and oxygen atoms in total. The summed E-state index contributed by atoms with van der Waals surface area (Å²) in [5.74, 6) is 1.82. The number of carbonyl (C=O) groups is 1. The van der Waals surface area contributed by atoms with Crippen LogP contribution in [-0.2, 0) is 12.1 Å². The second-order valence-electron chi connectivity index (χ2n) is 7.22. The fraction of sp³-hybridized carbons (Fsp3) is 0.421. The quantitative estimate of drug-likeness (QED) is 0.711. The molecule has 2 aromatic heterocycles. The fourth-order valence-corrected chi connectivity index (χ4v) is 2.85. The van der Waals surface area contributed by atoms with E-state index in [4.69, 9.17) is 13.7 Å². The maximum atomic E-state index is 13.0. The van der Waals surface area contributed by atoms with Gasteiger partial charge in [-0.1, -0.05) is 5.16 Å². The van der Waals surface area contributed by atoms with Crippen LogP contribution in [0.2, 0.25) is 0 Å². The predicted octanol–water partition coefficient (Wildman–Crippen LogP) is 2.86. The second kappa shape index (κ2) is 7.03. The van der Waals surface area contributed by atoms with Crippen LogP contribution in [-0.4, -0.2) is 42.2 Å². The van der Waals surface area contributed by atoms with Crippen molar-refractivity contribution in [3.63, 3.8) is 0 Å². The Bertz CT molecular complexity index is 971. The first-order valence-corrected chi connectivity index (χ1v) is 8.58. The fourth-order valence-electron chi connectivity index (χ4n) is 2.85. The summed E-state index contributed by atoms with van der Waals surface area (Å²) in [5, 5.41) is 7.69. The van der Waals surface area contributed by atoms with Crippen molar-refractivity contribution >= 4 is 16.9 Å². The zero-order valence-corrected chi connectivity index (χ0v) is 16.4. The molecule has 0 saturated carbocycles. The molecule has 0 bridgehead atoms. The molecule has 27 heavy (non-hydrogen) atoms. The lowest BCUT2D eigenvalue weighted by Crippen LogP contribution is -2.42. The van der Waals surface area contributed by atoms with Crippen molar-refractivity contribution in [1.29, 1.82) is 0 Å². The average Bonchev–Trinajstić information content (AvgIpc) is 3.16. The number of ether oxygens (including phenoxy) is 1. The summed E-state index contributed by atoms with van der Waals surface area (Å²) in [6.45, 7) is 5.95. The van der Waals surface area contributed by atoms with Crippen LogP contribution in [0.3, 0.4) is 0 Å². The Labute approximate surface area is 157 Å². The number of rotatable bonds is 6. The van der Waals surface area contributed by atoms with E-state index in [2.05, 4.69) is 15.5 Å². The van der Waals surface area contributed by atoms with Gasteiger partial charge in [0.1, 0.15) is 17.1 Å². The van der Waals surface area contributed by atoms with Gasteiger partial charge in [0.25, 0.3) is 5.91 Å². The highest BCUT2D eigenvalue weighted by molar-refractivity contribution is 6.07. The summed E-state index contributed by atoms with van der Waals surface area (Å²) in [4.78, 5) is 19.3. The van der Waals surface area contributed by atoms with Gasteiger partial charge in [-0.05, 0) is 53.1 Å². The SMILES string of the molecule is COc1ccc2oc(C)c(C(=O)NC(C)(C)c3noc(CN(C)C)n3)c2c1. The molecule has 0 atom stereocenters. The van der Waals surface area contributed by atoms with Gasteiger partial charge in [0, 0.05) is 5.39 Å². The molecule has 3 rings (SSSR count). The first kappa shape index (κ1) is 18.9. The van der Waals surface area contributed by atoms with E-state index in [-0.39, 0.29) is 5.91 Å². The molecule has 8 heteroatoms.